The average Bonchev–Trinajstić information content (AvgIpc) is 3.49. The summed E-state index contributed by atoms with van der Waals surface area (Å²) < 4.78 is 75.1. The number of nitrogens with one attached hydrogen (secondary N) is 1. The van der Waals surface area contributed by atoms with Crippen LogP contribution in [0.5, 0.6) is 0 Å². The topological polar surface area (TPSA) is 72.3 Å². The number of fused-ring (bicyclic) bond motifs is 1. The zero-order chi connectivity index (χ0) is 30.5. The van der Waals surface area contributed by atoms with E-state index in [2.05, 4.69) is 22.4 Å². The summed E-state index contributed by atoms with van der Waals surface area (Å²) in [6.07, 6.45) is -1.75. The van der Waals surface area contributed by atoms with Crippen molar-refractivity contribution in [3.63, 3.8) is 0 Å². The van der Waals surface area contributed by atoms with Crippen molar-refractivity contribution < 1.29 is 31.5 Å². The molecule has 1 amide bonds. The molecule has 230 valence electrons. The van der Waals surface area contributed by atoms with Gasteiger partial charge in [-0.1, -0.05) is 12.1 Å². The minimum atomic E-state index is -4.61. The van der Waals surface area contributed by atoms with Crippen molar-refractivity contribution in [1.29, 1.82) is 0 Å². The van der Waals surface area contributed by atoms with Crippen LogP contribution in [0.3, 0.4) is 0 Å². The van der Waals surface area contributed by atoms with Gasteiger partial charge in [0.1, 0.15) is 18.8 Å². The van der Waals surface area contributed by atoms with E-state index in [1.165, 1.54) is 4.90 Å². The second-order valence-electron chi connectivity index (χ2n) is 12.3. The fourth-order valence-corrected chi connectivity index (χ4v) is 6.55. The molecule has 3 aromatic rings. The maximum absolute atomic E-state index is 14.2. The summed E-state index contributed by atoms with van der Waals surface area (Å²) in [7, 11) is 1.81. The number of hydrogen-bond acceptors (Lipinski definition) is 5. The Morgan fingerprint density at radius 3 is 2.56 bits per heavy atom. The fraction of sp³-hybridized carbons (Fsp3) is 0.516. The molecule has 2 aromatic carbocycles. The summed E-state index contributed by atoms with van der Waals surface area (Å²) >= 11 is 0. The summed E-state index contributed by atoms with van der Waals surface area (Å²) in [5.74, 6) is -0.0530. The molecule has 2 heterocycles. The summed E-state index contributed by atoms with van der Waals surface area (Å²) in [4.78, 5) is 15.1. The van der Waals surface area contributed by atoms with Gasteiger partial charge in [0.25, 0.3) is 12.3 Å². The van der Waals surface area contributed by atoms with Gasteiger partial charge in [-0.05, 0) is 85.9 Å². The van der Waals surface area contributed by atoms with Gasteiger partial charge >= 0.3 is 6.18 Å². The van der Waals surface area contributed by atoms with Gasteiger partial charge in [-0.2, -0.15) is 13.2 Å². The van der Waals surface area contributed by atoms with Crippen molar-refractivity contribution in [2.75, 3.05) is 11.5 Å². The van der Waals surface area contributed by atoms with Crippen LogP contribution in [-0.4, -0.2) is 45.3 Å². The molecule has 43 heavy (non-hydrogen) atoms. The minimum absolute atomic E-state index is 0.0237. The first kappa shape index (κ1) is 29.7. The molecule has 12 heteroatoms. The lowest BCUT2D eigenvalue weighted by Crippen LogP contribution is -2.47. The van der Waals surface area contributed by atoms with E-state index in [4.69, 9.17) is 4.74 Å². The van der Waals surface area contributed by atoms with Crippen LogP contribution in [0.2, 0.25) is 0 Å². The molecule has 1 N–H and O–H groups in total. The van der Waals surface area contributed by atoms with E-state index in [1.54, 1.807) is 29.1 Å². The number of alkyl halides is 5. The average molecular weight is 604 g/mol. The third kappa shape index (κ3) is 5.91. The van der Waals surface area contributed by atoms with Crippen LogP contribution in [0.15, 0.2) is 42.7 Å². The first-order chi connectivity index (χ1) is 20.4. The number of aryl methyl sites for hydroxylation is 1. The third-order valence-electron chi connectivity index (χ3n) is 9.21. The predicted molar refractivity (Wildman–Crippen MR) is 149 cm³/mol. The van der Waals surface area contributed by atoms with Crippen LogP contribution in [-0.2, 0) is 31.1 Å². The Morgan fingerprint density at radius 1 is 1.16 bits per heavy atom. The van der Waals surface area contributed by atoms with Gasteiger partial charge in [0.05, 0.1) is 18.2 Å². The predicted octanol–water partition coefficient (Wildman–Crippen LogP) is 6.22. The smallest absolute Gasteiger partial charge is 0.372 e. The summed E-state index contributed by atoms with van der Waals surface area (Å²) in [5, 5.41) is 11.7. The van der Waals surface area contributed by atoms with Crippen molar-refractivity contribution in [3.8, 4) is 0 Å². The van der Waals surface area contributed by atoms with Gasteiger partial charge in [0.2, 0.25) is 0 Å². The molecule has 0 spiro atoms. The van der Waals surface area contributed by atoms with E-state index < -0.39 is 30.7 Å². The molecule has 0 radical (unpaired) electrons. The Labute approximate surface area is 246 Å². The lowest BCUT2D eigenvalue weighted by molar-refractivity contribution is -0.138. The quantitative estimate of drug-likeness (QED) is 0.279. The summed E-state index contributed by atoms with van der Waals surface area (Å²) in [6, 6.07) is 9.92. The lowest BCUT2D eigenvalue weighted by Gasteiger charge is -2.40. The Hall–Kier alpha value is -3.38. The van der Waals surface area contributed by atoms with Crippen molar-refractivity contribution in [3.05, 3.63) is 76.4 Å². The number of anilines is 1. The standard InChI is InChI=1S/C31H34F5N5O2/c1-30(7-4-8-30)37-14-18-9-23-24(25(10-18)31(34,35)36)15-41(29(23)42)21-6-3-5-19(11-21)27(28-39-38-17-40(28)2)20-12-22(13-20)43-16-26(32)33/h3,5-6,9-11,17,20,22,26-27,37H,4,7-8,12-16H2,1-2H3/t20?,22?,27-/m1/s1. The van der Waals surface area contributed by atoms with E-state index in [0.29, 0.717) is 29.9 Å². The molecule has 0 saturated heterocycles. The minimum Gasteiger partial charge on any atom is -0.372 e. The highest BCUT2D eigenvalue weighted by Crippen LogP contribution is 2.46. The molecule has 1 aromatic heterocycles. The number of carbonyl (C=O) groups excluding carboxylic acids is 1. The summed E-state index contributed by atoms with van der Waals surface area (Å²) in [6.45, 7) is 1.50. The van der Waals surface area contributed by atoms with E-state index in [9.17, 15) is 26.7 Å². The molecule has 3 aliphatic rings. The molecule has 2 aliphatic carbocycles. The third-order valence-corrected chi connectivity index (χ3v) is 9.21. The van der Waals surface area contributed by atoms with Crippen molar-refractivity contribution in [2.45, 2.75) is 82.3 Å². The van der Waals surface area contributed by atoms with E-state index in [-0.39, 0.29) is 47.7 Å². The number of aromatic nitrogens is 3. The van der Waals surface area contributed by atoms with Gasteiger partial charge in [-0.15, -0.1) is 10.2 Å². The van der Waals surface area contributed by atoms with Gasteiger partial charge in [0.15, 0.2) is 0 Å². The van der Waals surface area contributed by atoms with E-state index in [0.717, 1.165) is 30.9 Å². The highest BCUT2D eigenvalue weighted by Gasteiger charge is 2.42. The number of carbonyl (C=O) groups is 1. The number of amides is 1. The van der Waals surface area contributed by atoms with E-state index >= 15 is 0 Å². The molecular weight excluding hydrogens is 569 g/mol. The first-order valence-corrected chi connectivity index (χ1v) is 14.6. The van der Waals surface area contributed by atoms with Crippen LogP contribution < -0.4 is 10.2 Å². The van der Waals surface area contributed by atoms with Crippen LogP contribution in [0.25, 0.3) is 0 Å². The van der Waals surface area contributed by atoms with Gasteiger partial charge < -0.3 is 19.5 Å². The Kier molecular flexibility index (Phi) is 7.78. The van der Waals surface area contributed by atoms with Crippen LogP contribution in [0.4, 0.5) is 27.6 Å². The maximum Gasteiger partial charge on any atom is 0.416 e. The van der Waals surface area contributed by atoms with Crippen molar-refractivity contribution >= 4 is 11.6 Å². The van der Waals surface area contributed by atoms with Gasteiger partial charge in [-0.3, -0.25) is 4.79 Å². The molecule has 2 fully saturated rings. The molecule has 2 saturated carbocycles. The second kappa shape index (κ2) is 11.3. The zero-order valence-corrected chi connectivity index (χ0v) is 24.0. The molecule has 1 aliphatic heterocycles. The van der Waals surface area contributed by atoms with E-state index in [1.807, 2.05) is 19.2 Å². The van der Waals surface area contributed by atoms with Crippen LogP contribution in [0.1, 0.15) is 83.4 Å². The Balaban J connectivity index is 1.28. The Bertz CT molecular complexity index is 1500. The van der Waals surface area contributed by atoms with Crippen LogP contribution in [0, 0.1) is 5.92 Å². The molecule has 7 nitrogen and oxygen atoms in total. The largest absolute Gasteiger partial charge is 0.416 e. The summed E-state index contributed by atoms with van der Waals surface area (Å²) in [5.41, 5.74) is 0.883. The first-order valence-electron chi connectivity index (χ1n) is 14.6. The van der Waals surface area contributed by atoms with Gasteiger partial charge in [0, 0.05) is 36.3 Å². The number of halogens is 5. The number of ether oxygens (including phenoxy) is 1. The maximum atomic E-state index is 14.2. The monoisotopic (exact) mass is 603 g/mol. The number of benzene rings is 2. The molecule has 0 bridgehead atoms. The molecular formula is C31H34F5N5O2. The Morgan fingerprint density at radius 2 is 1.93 bits per heavy atom. The zero-order valence-electron chi connectivity index (χ0n) is 24.0. The van der Waals surface area contributed by atoms with Crippen LogP contribution >= 0.6 is 0 Å². The van der Waals surface area contributed by atoms with Crippen molar-refractivity contribution in [1.82, 2.24) is 20.1 Å². The SMILES string of the molecule is Cn1cnnc1[C@H](c1cccc(N2Cc3c(cc(CNC4(C)CCC4)cc3C(F)(F)F)C2=O)c1)C1CC(OCC(F)F)C1. The fourth-order valence-electron chi connectivity index (χ4n) is 6.55. The highest BCUT2D eigenvalue weighted by atomic mass is 19.4. The van der Waals surface area contributed by atoms with Crippen molar-refractivity contribution in [2.24, 2.45) is 13.0 Å². The number of hydrogen-bond donors (Lipinski definition) is 1. The molecule has 0 unspecified atom stereocenters. The second-order valence-corrected chi connectivity index (χ2v) is 12.3. The number of rotatable bonds is 10. The number of nitrogens with zero attached hydrogens (tertiary/aromatic N) is 4. The normalized spacial score (nSPS) is 22.0. The molecule has 1 atom stereocenters. The molecule has 6 rings (SSSR count). The lowest BCUT2D eigenvalue weighted by atomic mass is 9.70. The van der Waals surface area contributed by atoms with Gasteiger partial charge in [-0.25, -0.2) is 8.78 Å². The highest BCUT2D eigenvalue weighted by molar-refractivity contribution is 6.10.